The van der Waals surface area contributed by atoms with Gasteiger partial charge in [0.05, 0.1) is 11.5 Å². The molecular formula is C11H9ClF12O. The number of alkyl halides is 13. The summed E-state index contributed by atoms with van der Waals surface area (Å²) in [5.74, 6) is -4.87. The second-order valence-corrected chi connectivity index (χ2v) is 5.99. The molecule has 0 aromatic rings. The number of rotatable bonds is 4. The van der Waals surface area contributed by atoms with Crippen LogP contribution in [0, 0.1) is 0 Å². The highest BCUT2D eigenvalue weighted by molar-refractivity contribution is 6.21. The number of ether oxygens (including phenoxy) is 1. The Bertz CT molecular complexity index is 477. The molecule has 0 amide bonds. The minimum Gasteiger partial charge on any atom is -0.370 e. The molecule has 0 spiro atoms. The van der Waals surface area contributed by atoms with Crippen LogP contribution in [0.4, 0.5) is 52.7 Å². The highest BCUT2D eigenvalue weighted by Gasteiger charge is 2.81. The zero-order valence-electron chi connectivity index (χ0n) is 11.7. The molecule has 0 radical (unpaired) electrons. The van der Waals surface area contributed by atoms with Crippen molar-refractivity contribution in [2.24, 2.45) is 0 Å². The second kappa shape index (κ2) is 6.54. The first-order chi connectivity index (χ1) is 10.9. The topological polar surface area (TPSA) is 9.23 Å². The molecule has 4 atom stereocenters. The molecule has 0 saturated heterocycles. The Hall–Kier alpha value is -0.590. The summed E-state index contributed by atoms with van der Waals surface area (Å²) >= 11 is 5.23. The van der Waals surface area contributed by atoms with E-state index in [9.17, 15) is 52.7 Å². The van der Waals surface area contributed by atoms with Crippen molar-refractivity contribution in [2.45, 2.75) is 60.4 Å². The second-order valence-electron chi connectivity index (χ2n) is 5.43. The monoisotopic (exact) mass is 420 g/mol. The van der Waals surface area contributed by atoms with Crippen molar-refractivity contribution in [1.29, 1.82) is 0 Å². The highest BCUT2D eigenvalue weighted by atomic mass is 35.5. The van der Waals surface area contributed by atoms with E-state index in [0.717, 1.165) is 0 Å². The maximum atomic E-state index is 14.1. The molecule has 0 heterocycles. The van der Waals surface area contributed by atoms with Crippen molar-refractivity contribution in [3.05, 3.63) is 0 Å². The zero-order valence-corrected chi connectivity index (χ0v) is 12.4. The maximum absolute atomic E-state index is 14.1. The van der Waals surface area contributed by atoms with Gasteiger partial charge in [-0.1, -0.05) is 0 Å². The van der Waals surface area contributed by atoms with Crippen molar-refractivity contribution in [3.8, 4) is 0 Å². The van der Waals surface area contributed by atoms with Crippen molar-refractivity contribution in [1.82, 2.24) is 0 Å². The van der Waals surface area contributed by atoms with E-state index in [4.69, 9.17) is 11.6 Å². The third-order valence-corrected chi connectivity index (χ3v) is 4.13. The molecular weight excluding hydrogens is 412 g/mol. The van der Waals surface area contributed by atoms with Gasteiger partial charge in [-0.15, -0.1) is 11.6 Å². The normalized spacial score (nSPS) is 35.3. The van der Waals surface area contributed by atoms with Crippen LogP contribution in [0.1, 0.15) is 12.8 Å². The van der Waals surface area contributed by atoms with Crippen LogP contribution < -0.4 is 0 Å². The van der Waals surface area contributed by atoms with Crippen LogP contribution in [-0.4, -0.2) is 54.1 Å². The Kier molecular flexibility index (Phi) is 5.87. The first kappa shape index (κ1) is 22.5. The highest BCUT2D eigenvalue weighted by Crippen LogP contribution is 2.59. The Morgan fingerprint density at radius 1 is 0.880 bits per heavy atom. The van der Waals surface area contributed by atoms with Crippen molar-refractivity contribution < 1.29 is 57.4 Å². The van der Waals surface area contributed by atoms with Gasteiger partial charge < -0.3 is 4.74 Å². The van der Waals surface area contributed by atoms with E-state index in [0.29, 0.717) is 0 Å². The average Bonchev–Trinajstić information content (AvgIpc) is 2.38. The van der Waals surface area contributed by atoms with Crippen molar-refractivity contribution >= 4 is 11.6 Å². The van der Waals surface area contributed by atoms with Gasteiger partial charge in [-0.2, -0.15) is 35.1 Å². The molecule has 1 aliphatic carbocycles. The van der Waals surface area contributed by atoms with Crippen LogP contribution in [0.15, 0.2) is 0 Å². The van der Waals surface area contributed by atoms with Crippen LogP contribution in [0.25, 0.3) is 0 Å². The van der Waals surface area contributed by atoms with Gasteiger partial charge in [-0.3, -0.25) is 0 Å². The van der Waals surface area contributed by atoms with Crippen molar-refractivity contribution in [3.63, 3.8) is 0 Å². The van der Waals surface area contributed by atoms with Crippen LogP contribution in [0.2, 0.25) is 0 Å². The zero-order chi connectivity index (χ0) is 20.1. The fourth-order valence-electron chi connectivity index (χ4n) is 2.25. The molecule has 1 nitrogen and oxygen atoms in total. The lowest BCUT2D eigenvalue weighted by Gasteiger charge is -2.48. The Morgan fingerprint density at radius 3 is 1.64 bits per heavy atom. The van der Waals surface area contributed by atoms with E-state index in [1.165, 1.54) is 0 Å². The molecule has 0 bridgehead atoms. The summed E-state index contributed by atoms with van der Waals surface area (Å²) in [5.41, 5.74) is -11.0. The molecule has 1 aliphatic rings. The van der Waals surface area contributed by atoms with Gasteiger partial charge in [0, 0.05) is 12.8 Å². The SMILES string of the molecule is FC(F)C(F)(F)CO[C@H]1C[C@@](F)(C(F)(F)F)[C@@](F)(C(F)(F)F)C[C@@H]1Cl. The lowest BCUT2D eigenvalue weighted by molar-refractivity contribution is -0.360. The summed E-state index contributed by atoms with van der Waals surface area (Å²) in [5, 5.41) is -2.33. The molecule has 0 unspecified atom stereocenters. The molecule has 14 heteroatoms. The van der Waals surface area contributed by atoms with Crippen LogP contribution in [-0.2, 0) is 4.74 Å². The summed E-state index contributed by atoms with van der Waals surface area (Å²) in [6.07, 6.45) is -24.3. The van der Waals surface area contributed by atoms with Crippen LogP contribution >= 0.6 is 11.6 Å². The number of halogens is 13. The Balaban J connectivity index is 3.15. The van der Waals surface area contributed by atoms with E-state index in [1.807, 2.05) is 0 Å². The van der Waals surface area contributed by atoms with E-state index in [1.54, 1.807) is 0 Å². The van der Waals surface area contributed by atoms with E-state index < -0.39 is 67.0 Å². The molecule has 150 valence electrons. The molecule has 1 rings (SSSR count). The van der Waals surface area contributed by atoms with Gasteiger partial charge in [0.25, 0.3) is 5.67 Å². The molecule has 1 saturated carbocycles. The lowest BCUT2D eigenvalue weighted by Crippen LogP contribution is -2.70. The molecule has 0 aromatic heterocycles. The molecule has 25 heavy (non-hydrogen) atoms. The standard InChI is InChI=1S/C11H9ClF12O/c12-4-1-8(17,10(19,20)21)9(18,11(22,23)24)2-5(4)25-3-7(15,16)6(13)14/h4-6H,1-3H2/t4-,5-,8+,9-/m0/s1. The molecule has 1 fully saturated rings. The summed E-state index contributed by atoms with van der Waals surface area (Å²) in [7, 11) is 0. The minimum atomic E-state index is -6.40. The average molecular weight is 421 g/mol. The Labute approximate surface area is 137 Å². The minimum absolute atomic E-state index is 2.24. The first-order valence-electron chi connectivity index (χ1n) is 6.32. The van der Waals surface area contributed by atoms with E-state index in [2.05, 4.69) is 4.74 Å². The number of hydrogen-bond acceptors (Lipinski definition) is 1. The van der Waals surface area contributed by atoms with Crippen LogP contribution in [0.3, 0.4) is 0 Å². The van der Waals surface area contributed by atoms with Gasteiger partial charge in [-0.05, 0) is 0 Å². The van der Waals surface area contributed by atoms with Crippen LogP contribution in [0.5, 0.6) is 0 Å². The van der Waals surface area contributed by atoms with Gasteiger partial charge >= 0.3 is 24.7 Å². The van der Waals surface area contributed by atoms with E-state index >= 15 is 0 Å². The third kappa shape index (κ3) is 3.91. The smallest absolute Gasteiger partial charge is 0.370 e. The maximum Gasteiger partial charge on any atom is 0.426 e. The summed E-state index contributed by atoms with van der Waals surface area (Å²) in [4.78, 5) is 0. The number of hydrogen-bond donors (Lipinski definition) is 0. The Morgan fingerprint density at radius 2 is 1.28 bits per heavy atom. The van der Waals surface area contributed by atoms with Gasteiger partial charge in [0.1, 0.15) is 6.61 Å². The molecule has 0 aliphatic heterocycles. The fraction of sp³-hybridized carbons (Fsp3) is 1.00. The lowest BCUT2D eigenvalue weighted by atomic mass is 9.71. The van der Waals surface area contributed by atoms with Gasteiger partial charge in [0.2, 0.25) is 5.67 Å². The predicted molar refractivity (Wildman–Crippen MR) is 59.4 cm³/mol. The molecule has 0 N–H and O–H groups in total. The van der Waals surface area contributed by atoms with Crippen molar-refractivity contribution in [2.75, 3.05) is 6.61 Å². The first-order valence-corrected chi connectivity index (χ1v) is 6.75. The summed E-state index contributed by atoms with van der Waals surface area (Å²) in [6.45, 7) is -2.24. The third-order valence-electron chi connectivity index (χ3n) is 3.70. The van der Waals surface area contributed by atoms with Gasteiger partial charge in [0.15, 0.2) is 0 Å². The summed E-state index contributed by atoms with van der Waals surface area (Å²) in [6, 6.07) is 0. The van der Waals surface area contributed by atoms with E-state index in [-0.39, 0.29) is 0 Å². The predicted octanol–water partition coefficient (Wildman–Crippen LogP) is 5.21. The fourth-order valence-corrected chi connectivity index (χ4v) is 2.63. The quantitative estimate of drug-likeness (QED) is 0.448. The van der Waals surface area contributed by atoms with Gasteiger partial charge in [-0.25, -0.2) is 17.6 Å². The summed E-state index contributed by atoms with van der Waals surface area (Å²) < 4.78 is 158. The molecule has 0 aromatic carbocycles. The largest absolute Gasteiger partial charge is 0.426 e.